The lowest BCUT2D eigenvalue weighted by molar-refractivity contribution is -0.150. The third-order valence-electron chi connectivity index (χ3n) is 5.90. The van der Waals surface area contributed by atoms with Gasteiger partial charge in [-0.15, -0.1) is 0 Å². The molecule has 0 aromatic heterocycles. The minimum Gasteiger partial charge on any atom is -0.467 e. The summed E-state index contributed by atoms with van der Waals surface area (Å²) in [7, 11) is 1.31. The Morgan fingerprint density at radius 1 is 0.750 bits per heavy atom. The Balaban J connectivity index is 1.80. The Labute approximate surface area is 210 Å². The van der Waals surface area contributed by atoms with E-state index in [-0.39, 0.29) is 6.61 Å². The van der Waals surface area contributed by atoms with Crippen LogP contribution in [0.15, 0.2) is 121 Å². The summed E-state index contributed by atoms with van der Waals surface area (Å²) in [6.07, 6.45) is -0.746. The topological polar surface area (TPSA) is 76.7 Å². The monoisotopic (exact) mass is 480 g/mol. The third kappa shape index (κ3) is 5.55. The molecule has 0 saturated carbocycles. The lowest BCUT2D eigenvalue weighted by Gasteiger charge is -2.40. The van der Waals surface area contributed by atoms with Crippen LogP contribution < -0.4 is 10.6 Å². The molecule has 0 aliphatic carbocycles. The first kappa shape index (κ1) is 24.5. The molecule has 182 valence electrons. The average Bonchev–Trinajstić information content (AvgIpc) is 2.95. The van der Waals surface area contributed by atoms with Crippen LogP contribution in [0.5, 0.6) is 0 Å². The van der Waals surface area contributed by atoms with Crippen molar-refractivity contribution in [3.05, 3.63) is 138 Å². The first-order chi connectivity index (χ1) is 17.6. The number of carbonyl (C=O) groups is 2. The summed E-state index contributed by atoms with van der Waals surface area (Å²) in [6, 6.07) is 36.6. The fraction of sp³-hybridized carbons (Fsp3) is 0.133. The SMILES string of the molecule is COC(=O)[C@@](NC(=O)OCc1ccccc1)(c1ccccc1)[C@H](Nc1ccccc1)c1ccccc1. The largest absolute Gasteiger partial charge is 0.467 e. The van der Waals surface area contributed by atoms with Crippen molar-refractivity contribution in [1.29, 1.82) is 0 Å². The number of para-hydroxylation sites is 1. The van der Waals surface area contributed by atoms with E-state index in [4.69, 9.17) is 9.47 Å². The number of nitrogens with one attached hydrogen (secondary N) is 2. The highest BCUT2D eigenvalue weighted by Gasteiger charge is 2.51. The van der Waals surface area contributed by atoms with Crippen molar-refractivity contribution in [1.82, 2.24) is 5.32 Å². The van der Waals surface area contributed by atoms with Crippen LogP contribution in [0.4, 0.5) is 10.5 Å². The fourth-order valence-electron chi connectivity index (χ4n) is 4.17. The van der Waals surface area contributed by atoms with Crippen LogP contribution in [0.1, 0.15) is 22.7 Å². The second-order valence-corrected chi connectivity index (χ2v) is 8.21. The molecular formula is C30H28N2O4. The predicted octanol–water partition coefficient (Wildman–Crippen LogP) is 5.83. The van der Waals surface area contributed by atoms with Crippen LogP contribution in [0.25, 0.3) is 0 Å². The molecule has 4 aromatic carbocycles. The molecule has 0 bridgehead atoms. The average molecular weight is 481 g/mol. The molecule has 0 aliphatic rings. The van der Waals surface area contributed by atoms with Gasteiger partial charge < -0.3 is 14.8 Å². The zero-order valence-corrected chi connectivity index (χ0v) is 20.0. The van der Waals surface area contributed by atoms with Crippen LogP contribution >= 0.6 is 0 Å². The summed E-state index contributed by atoms with van der Waals surface area (Å²) in [5, 5.41) is 6.35. The summed E-state index contributed by atoms with van der Waals surface area (Å²) in [5.41, 5.74) is 1.28. The minimum absolute atomic E-state index is 0.0564. The number of benzene rings is 4. The van der Waals surface area contributed by atoms with E-state index in [1.54, 1.807) is 12.1 Å². The van der Waals surface area contributed by atoms with Gasteiger partial charge in [-0.25, -0.2) is 9.59 Å². The molecule has 2 atom stereocenters. The Hall–Kier alpha value is -4.58. The van der Waals surface area contributed by atoms with E-state index in [2.05, 4.69) is 10.6 Å². The van der Waals surface area contributed by atoms with E-state index in [1.165, 1.54) is 7.11 Å². The molecule has 0 radical (unpaired) electrons. The van der Waals surface area contributed by atoms with Crippen molar-refractivity contribution < 1.29 is 19.1 Å². The summed E-state index contributed by atoms with van der Waals surface area (Å²) in [5.74, 6) is -0.636. The molecule has 0 fully saturated rings. The summed E-state index contributed by atoms with van der Waals surface area (Å²) in [4.78, 5) is 27.0. The highest BCUT2D eigenvalue weighted by molar-refractivity contribution is 5.89. The van der Waals surface area contributed by atoms with E-state index in [9.17, 15) is 9.59 Å². The van der Waals surface area contributed by atoms with Crippen LogP contribution in [-0.4, -0.2) is 19.2 Å². The number of alkyl carbamates (subject to hydrolysis) is 1. The Morgan fingerprint density at radius 3 is 1.86 bits per heavy atom. The maximum atomic E-state index is 13.7. The number of esters is 1. The quantitative estimate of drug-likeness (QED) is 0.295. The van der Waals surface area contributed by atoms with Crippen molar-refractivity contribution in [2.24, 2.45) is 0 Å². The number of hydrogen-bond donors (Lipinski definition) is 2. The van der Waals surface area contributed by atoms with Crippen molar-refractivity contribution in [2.45, 2.75) is 18.2 Å². The van der Waals surface area contributed by atoms with Gasteiger partial charge in [0.1, 0.15) is 6.61 Å². The second kappa shape index (κ2) is 11.7. The number of rotatable bonds is 9. The predicted molar refractivity (Wildman–Crippen MR) is 139 cm³/mol. The van der Waals surface area contributed by atoms with Crippen LogP contribution in [-0.2, 0) is 26.4 Å². The van der Waals surface area contributed by atoms with E-state index < -0.39 is 23.6 Å². The number of anilines is 1. The first-order valence-corrected chi connectivity index (χ1v) is 11.6. The minimum atomic E-state index is -1.65. The smallest absolute Gasteiger partial charge is 0.408 e. The number of amides is 1. The zero-order chi connectivity index (χ0) is 25.2. The fourth-order valence-corrected chi connectivity index (χ4v) is 4.17. The van der Waals surface area contributed by atoms with E-state index >= 15 is 0 Å². The molecule has 0 unspecified atom stereocenters. The van der Waals surface area contributed by atoms with Gasteiger partial charge in [0.2, 0.25) is 0 Å². The van der Waals surface area contributed by atoms with Gasteiger partial charge in [-0.1, -0.05) is 109 Å². The van der Waals surface area contributed by atoms with E-state index in [0.717, 1.165) is 16.8 Å². The molecule has 36 heavy (non-hydrogen) atoms. The number of hydrogen-bond acceptors (Lipinski definition) is 5. The molecule has 2 N–H and O–H groups in total. The van der Waals surface area contributed by atoms with Crippen LogP contribution in [0, 0.1) is 0 Å². The van der Waals surface area contributed by atoms with Gasteiger partial charge in [-0.05, 0) is 28.8 Å². The highest BCUT2D eigenvalue weighted by atomic mass is 16.6. The van der Waals surface area contributed by atoms with Gasteiger partial charge in [0, 0.05) is 5.69 Å². The molecule has 6 nitrogen and oxygen atoms in total. The van der Waals surface area contributed by atoms with Crippen molar-refractivity contribution in [3.8, 4) is 0 Å². The maximum Gasteiger partial charge on any atom is 0.408 e. The van der Waals surface area contributed by atoms with Gasteiger partial charge in [-0.3, -0.25) is 5.32 Å². The summed E-state index contributed by atoms with van der Waals surface area (Å²) in [6.45, 7) is 0.0564. The number of ether oxygens (including phenoxy) is 2. The van der Waals surface area contributed by atoms with Gasteiger partial charge in [0.15, 0.2) is 5.54 Å². The van der Waals surface area contributed by atoms with E-state index in [0.29, 0.717) is 5.56 Å². The third-order valence-corrected chi connectivity index (χ3v) is 5.90. The zero-order valence-electron chi connectivity index (χ0n) is 20.0. The lowest BCUT2D eigenvalue weighted by atomic mass is 9.78. The van der Waals surface area contributed by atoms with Gasteiger partial charge in [0.25, 0.3) is 0 Å². The molecule has 4 rings (SSSR count). The normalized spacial score (nSPS) is 13.0. The Morgan fingerprint density at radius 2 is 1.28 bits per heavy atom. The van der Waals surface area contributed by atoms with Crippen molar-refractivity contribution in [2.75, 3.05) is 12.4 Å². The molecule has 6 heteroatoms. The standard InChI is InChI=1S/C30H28N2O4/c1-35-28(33)30(25-18-10-4-11-19-25,32-29(34)36-22-23-14-6-2-7-15-23)27(24-16-8-3-9-17-24)31-26-20-12-5-13-21-26/h2-21,27,31H,22H2,1H3,(H,32,34)/t27-,30-/m1/s1. The first-order valence-electron chi connectivity index (χ1n) is 11.6. The summed E-state index contributed by atoms with van der Waals surface area (Å²) >= 11 is 0. The molecule has 1 amide bonds. The van der Waals surface area contributed by atoms with Gasteiger partial charge in [0.05, 0.1) is 13.2 Å². The Kier molecular flexibility index (Phi) is 7.98. The van der Waals surface area contributed by atoms with Gasteiger partial charge >= 0.3 is 12.1 Å². The van der Waals surface area contributed by atoms with E-state index in [1.807, 2.05) is 109 Å². The van der Waals surface area contributed by atoms with Crippen LogP contribution in [0.2, 0.25) is 0 Å². The van der Waals surface area contributed by atoms with Crippen molar-refractivity contribution >= 4 is 17.7 Å². The molecule has 0 spiro atoms. The number of methoxy groups -OCH3 is 1. The molecule has 0 heterocycles. The lowest BCUT2D eigenvalue weighted by Crippen LogP contribution is -2.58. The van der Waals surface area contributed by atoms with Crippen molar-refractivity contribution in [3.63, 3.8) is 0 Å². The number of carbonyl (C=O) groups excluding carboxylic acids is 2. The van der Waals surface area contributed by atoms with Gasteiger partial charge in [-0.2, -0.15) is 0 Å². The van der Waals surface area contributed by atoms with Crippen LogP contribution in [0.3, 0.4) is 0 Å². The molecule has 0 aliphatic heterocycles. The second-order valence-electron chi connectivity index (χ2n) is 8.21. The molecular weight excluding hydrogens is 452 g/mol. The highest BCUT2D eigenvalue weighted by Crippen LogP contribution is 2.39. The molecule has 4 aromatic rings. The summed E-state index contributed by atoms with van der Waals surface area (Å²) < 4.78 is 10.9. The Bertz CT molecular complexity index is 1250. The molecule has 0 saturated heterocycles. The maximum absolute atomic E-state index is 13.7.